The Morgan fingerprint density at radius 1 is 1.26 bits per heavy atom. The van der Waals surface area contributed by atoms with Gasteiger partial charge in [0, 0.05) is 32.1 Å². The number of nitrogens with zero attached hydrogens (tertiary/aromatic N) is 3. The number of benzene rings is 1. The van der Waals surface area contributed by atoms with Crippen LogP contribution in [0.1, 0.15) is 38.4 Å². The molecule has 3 amide bonds. The Kier molecular flexibility index (Phi) is 8.06. The molecule has 0 saturated carbocycles. The Bertz CT molecular complexity index is 1090. The zero-order valence-electron chi connectivity index (χ0n) is 20.6. The average molecular weight is 487 g/mol. The minimum Gasteiger partial charge on any atom is -0.444 e. The van der Waals surface area contributed by atoms with E-state index in [9.17, 15) is 18.8 Å². The van der Waals surface area contributed by atoms with E-state index in [1.807, 2.05) is 0 Å². The number of hydrogen-bond acceptors (Lipinski definition) is 6. The molecule has 9 nitrogen and oxygen atoms in total. The number of carbonyl (C=O) groups excluding carboxylic acids is 3. The van der Waals surface area contributed by atoms with Gasteiger partial charge in [0.05, 0.1) is 18.5 Å². The molecule has 35 heavy (non-hydrogen) atoms. The van der Waals surface area contributed by atoms with Crippen molar-refractivity contribution in [3.8, 4) is 0 Å². The van der Waals surface area contributed by atoms with E-state index in [4.69, 9.17) is 9.57 Å². The molecular weight excluding hydrogens is 455 g/mol. The lowest BCUT2D eigenvalue weighted by Crippen LogP contribution is -2.54. The number of amides is 3. The van der Waals surface area contributed by atoms with Crippen LogP contribution in [0.5, 0.6) is 0 Å². The monoisotopic (exact) mass is 486 g/mol. The van der Waals surface area contributed by atoms with Gasteiger partial charge in [-0.2, -0.15) is 5.06 Å². The number of likely N-dealkylation sites (N-methyl/N-ethyl adjacent to an activating group) is 1. The molecule has 10 heteroatoms. The fourth-order valence-electron chi connectivity index (χ4n) is 3.89. The number of aromatic nitrogens is 1. The third-order valence-corrected chi connectivity index (χ3v) is 5.57. The molecule has 0 radical (unpaired) electrons. The van der Waals surface area contributed by atoms with Crippen molar-refractivity contribution < 1.29 is 28.3 Å². The van der Waals surface area contributed by atoms with E-state index in [0.29, 0.717) is 16.9 Å². The maximum absolute atomic E-state index is 14.3. The van der Waals surface area contributed by atoms with Gasteiger partial charge in [-0.1, -0.05) is 18.2 Å². The standard InChI is InChI=1S/C25H31FN4O5/c1-25(2,3)35-24(33)28-17(13-16-9-6-7-10-18(16)26)14-22(31)29(4)21-15-19-20(11-8-12-27-19)30(34-5)23(21)32/h6-12,17,21H,13-15H2,1-5H3,(H,28,33)/t17-,21?/m1/s1. The van der Waals surface area contributed by atoms with Crippen LogP contribution in [0, 0.1) is 5.82 Å². The van der Waals surface area contributed by atoms with E-state index in [2.05, 4.69) is 10.3 Å². The lowest BCUT2D eigenvalue weighted by atomic mass is 9.99. The summed E-state index contributed by atoms with van der Waals surface area (Å²) in [6, 6.07) is 7.96. The zero-order valence-corrected chi connectivity index (χ0v) is 20.6. The first-order chi connectivity index (χ1) is 16.5. The van der Waals surface area contributed by atoms with Crippen LogP contribution >= 0.6 is 0 Å². The van der Waals surface area contributed by atoms with Gasteiger partial charge in [-0.3, -0.25) is 19.4 Å². The van der Waals surface area contributed by atoms with Crippen molar-refractivity contribution in [1.29, 1.82) is 0 Å². The number of anilines is 1. The highest BCUT2D eigenvalue weighted by Crippen LogP contribution is 2.28. The average Bonchev–Trinajstić information content (AvgIpc) is 2.78. The Morgan fingerprint density at radius 3 is 2.63 bits per heavy atom. The fourth-order valence-corrected chi connectivity index (χ4v) is 3.89. The van der Waals surface area contributed by atoms with Crippen LogP contribution in [0.15, 0.2) is 42.6 Å². The smallest absolute Gasteiger partial charge is 0.407 e. The van der Waals surface area contributed by atoms with Gasteiger partial charge < -0.3 is 15.0 Å². The fraction of sp³-hybridized carbons (Fsp3) is 0.440. The summed E-state index contributed by atoms with van der Waals surface area (Å²) in [6.45, 7) is 5.17. The predicted molar refractivity (Wildman–Crippen MR) is 127 cm³/mol. The number of ether oxygens (including phenoxy) is 1. The highest BCUT2D eigenvalue weighted by atomic mass is 19.1. The van der Waals surface area contributed by atoms with Crippen molar-refractivity contribution in [2.75, 3.05) is 19.2 Å². The molecular formula is C25H31FN4O5. The molecule has 1 aliphatic heterocycles. The van der Waals surface area contributed by atoms with Gasteiger partial charge in [-0.15, -0.1) is 0 Å². The normalized spacial score (nSPS) is 16.3. The van der Waals surface area contributed by atoms with E-state index in [1.54, 1.807) is 57.3 Å². The number of nitrogens with one attached hydrogen (secondary N) is 1. The molecule has 1 N–H and O–H groups in total. The van der Waals surface area contributed by atoms with Crippen LogP contribution in [0.25, 0.3) is 0 Å². The number of hydrogen-bond donors (Lipinski definition) is 1. The summed E-state index contributed by atoms with van der Waals surface area (Å²) >= 11 is 0. The molecule has 3 rings (SSSR count). The molecule has 188 valence electrons. The largest absolute Gasteiger partial charge is 0.444 e. The van der Waals surface area contributed by atoms with Gasteiger partial charge in [0.25, 0.3) is 5.91 Å². The lowest BCUT2D eigenvalue weighted by Gasteiger charge is -2.36. The maximum Gasteiger partial charge on any atom is 0.407 e. The van der Waals surface area contributed by atoms with E-state index in [0.717, 1.165) is 5.06 Å². The first-order valence-corrected chi connectivity index (χ1v) is 11.3. The van der Waals surface area contributed by atoms with E-state index >= 15 is 0 Å². The van der Waals surface area contributed by atoms with E-state index < -0.39 is 41.4 Å². The molecule has 0 spiro atoms. The van der Waals surface area contributed by atoms with Crippen LogP contribution in [0.2, 0.25) is 0 Å². The first-order valence-electron chi connectivity index (χ1n) is 11.3. The SMILES string of the molecule is CON1C(=O)C(N(C)C(=O)C[C@@H](Cc2ccccc2F)NC(=O)OC(C)(C)C)Cc2ncccc21. The topological polar surface area (TPSA) is 101 Å². The van der Waals surface area contributed by atoms with Gasteiger partial charge in [0.2, 0.25) is 5.91 Å². The van der Waals surface area contributed by atoms with Crippen molar-refractivity contribution >= 4 is 23.6 Å². The molecule has 0 fully saturated rings. The summed E-state index contributed by atoms with van der Waals surface area (Å²) in [5, 5.41) is 3.80. The third kappa shape index (κ3) is 6.54. The quantitative estimate of drug-likeness (QED) is 0.646. The second-order valence-electron chi connectivity index (χ2n) is 9.35. The van der Waals surface area contributed by atoms with Gasteiger partial charge in [-0.05, 0) is 51.0 Å². The lowest BCUT2D eigenvalue weighted by molar-refractivity contribution is -0.141. The molecule has 2 heterocycles. The molecule has 2 aromatic rings. The van der Waals surface area contributed by atoms with Gasteiger partial charge in [-0.25, -0.2) is 9.18 Å². The van der Waals surface area contributed by atoms with E-state index in [-0.39, 0.29) is 19.3 Å². The molecule has 0 saturated heterocycles. The summed E-state index contributed by atoms with van der Waals surface area (Å²) in [4.78, 5) is 49.6. The third-order valence-electron chi connectivity index (χ3n) is 5.57. The molecule has 2 atom stereocenters. The summed E-state index contributed by atoms with van der Waals surface area (Å²) < 4.78 is 19.6. The molecule has 1 aromatic heterocycles. The second kappa shape index (κ2) is 10.8. The van der Waals surface area contributed by atoms with Gasteiger partial charge in [0.1, 0.15) is 17.5 Å². The van der Waals surface area contributed by atoms with Crippen molar-refractivity contribution in [1.82, 2.24) is 15.2 Å². The maximum atomic E-state index is 14.3. The Balaban J connectivity index is 1.78. The summed E-state index contributed by atoms with van der Waals surface area (Å²) in [7, 11) is 2.88. The van der Waals surface area contributed by atoms with Crippen molar-refractivity contribution in [2.24, 2.45) is 0 Å². The van der Waals surface area contributed by atoms with E-state index in [1.165, 1.54) is 25.1 Å². The van der Waals surface area contributed by atoms with Crippen LogP contribution in [-0.2, 0) is 32.0 Å². The molecule has 1 aromatic carbocycles. The Morgan fingerprint density at radius 2 is 1.97 bits per heavy atom. The van der Waals surface area contributed by atoms with Crippen LogP contribution in [-0.4, -0.2) is 59.6 Å². The highest BCUT2D eigenvalue weighted by Gasteiger charge is 2.38. The van der Waals surface area contributed by atoms with Gasteiger partial charge in [0.15, 0.2) is 0 Å². The number of carbonyl (C=O) groups is 3. The number of hydroxylamine groups is 1. The molecule has 1 aliphatic rings. The molecule has 1 unspecified atom stereocenters. The number of halogens is 1. The molecule has 0 aliphatic carbocycles. The Hall–Kier alpha value is -3.53. The summed E-state index contributed by atoms with van der Waals surface area (Å²) in [5.41, 5.74) is 0.752. The number of alkyl carbamates (subject to hydrolysis) is 1. The number of rotatable bonds is 7. The van der Waals surface area contributed by atoms with Crippen LogP contribution in [0.4, 0.5) is 14.9 Å². The number of pyridine rings is 1. The summed E-state index contributed by atoms with van der Waals surface area (Å²) in [6.07, 6.45) is 1.01. The van der Waals surface area contributed by atoms with Crippen LogP contribution < -0.4 is 10.4 Å². The van der Waals surface area contributed by atoms with Crippen LogP contribution in [0.3, 0.4) is 0 Å². The summed E-state index contributed by atoms with van der Waals surface area (Å²) in [5.74, 6) is -1.25. The van der Waals surface area contributed by atoms with Crippen molar-refractivity contribution in [2.45, 2.75) is 57.7 Å². The van der Waals surface area contributed by atoms with Gasteiger partial charge >= 0.3 is 6.09 Å². The predicted octanol–water partition coefficient (Wildman–Crippen LogP) is 3.02. The zero-order chi connectivity index (χ0) is 25.8. The second-order valence-corrected chi connectivity index (χ2v) is 9.35. The minimum atomic E-state index is -0.847. The first kappa shape index (κ1) is 26.1. The Labute approximate surface area is 204 Å². The minimum absolute atomic E-state index is 0.0681. The highest BCUT2D eigenvalue weighted by molar-refractivity contribution is 6.00. The van der Waals surface area contributed by atoms with Crippen molar-refractivity contribution in [3.05, 3.63) is 59.7 Å². The molecule has 0 bridgehead atoms. The number of fused-ring (bicyclic) bond motifs is 1. The van der Waals surface area contributed by atoms with Crippen molar-refractivity contribution in [3.63, 3.8) is 0 Å².